The van der Waals surface area contributed by atoms with Crippen LogP contribution in [0.4, 0.5) is 0 Å². The molecule has 3 heterocycles. The van der Waals surface area contributed by atoms with Gasteiger partial charge in [-0.25, -0.2) is 9.97 Å². The number of benzene rings is 7. The smallest absolute Gasteiger partial charge is 0.160 e. The lowest BCUT2D eigenvalue weighted by atomic mass is 9.80. The Hall–Kier alpha value is -6.52. The minimum absolute atomic E-state index is 0.222. The summed E-state index contributed by atoms with van der Waals surface area (Å²) in [5.74, 6) is 0.710. The maximum Gasteiger partial charge on any atom is 0.160 e. The van der Waals surface area contributed by atoms with Crippen LogP contribution in [0.1, 0.15) is 25.0 Å². The fourth-order valence-corrected chi connectivity index (χ4v) is 8.74. The first kappa shape index (κ1) is 28.3. The molecule has 0 amide bonds. The van der Waals surface area contributed by atoms with Crippen molar-refractivity contribution in [1.82, 2.24) is 14.5 Å². The molecule has 7 aromatic carbocycles. The lowest BCUT2D eigenvalue weighted by molar-refractivity contribution is 0.659. The Labute approximate surface area is 294 Å². The summed E-state index contributed by atoms with van der Waals surface area (Å²) in [5, 5.41) is 5.75. The van der Waals surface area contributed by atoms with Crippen molar-refractivity contribution in [3.8, 4) is 39.5 Å². The molecule has 3 aromatic heterocycles. The van der Waals surface area contributed by atoms with Crippen LogP contribution in [0.25, 0.3) is 94.1 Å². The number of fused-ring (bicyclic) bond motifs is 13. The second-order valence-corrected chi connectivity index (χ2v) is 14.1. The number of hydrogen-bond donors (Lipinski definition) is 0. The van der Waals surface area contributed by atoms with Crippen LogP contribution >= 0.6 is 0 Å². The minimum atomic E-state index is -0.222. The molecule has 0 saturated carbocycles. The Kier molecular flexibility index (Phi) is 5.70. The molecule has 0 radical (unpaired) electrons. The Balaban J connectivity index is 1.20. The molecule has 11 rings (SSSR count). The van der Waals surface area contributed by atoms with Crippen LogP contribution < -0.4 is 0 Å². The monoisotopic (exact) mass is 653 g/mol. The van der Waals surface area contributed by atoms with Crippen molar-refractivity contribution < 1.29 is 4.42 Å². The predicted octanol–water partition coefficient (Wildman–Crippen LogP) is 12.3. The van der Waals surface area contributed by atoms with Crippen LogP contribution in [-0.2, 0) is 5.41 Å². The van der Waals surface area contributed by atoms with E-state index >= 15 is 0 Å². The Morgan fingerprint density at radius 1 is 0.569 bits per heavy atom. The van der Waals surface area contributed by atoms with E-state index in [4.69, 9.17) is 14.4 Å². The van der Waals surface area contributed by atoms with Gasteiger partial charge >= 0.3 is 0 Å². The van der Waals surface area contributed by atoms with Crippen molar-refractivity contribution in [2.75, 3.05) is 0 Å². The lowest BCUT2D eigenvalue weighted by Crippen LogP contribution is -2.15. The summed E-state index contributed by atoms with van der Waals surface area (Å²) >= 11 is 0. The second-order valence-electron chi connectivity index (χ2n) is 14.1. The number of rotatable bonds is 3. The third-order valence-corrected chi connectivity index (χ3v) is 11.0. The van der Waals surface area contributed by atoms with Crippen LogP contribution in [-0.4, -0.2) is 14.5 Å². The molecule has 1 aliphatic rings. The molecule has 0 N–H and O–H groups in total. The Morgan fingerprint density at radius 3 is 2.10 bits per heavy atom. The molecule has 0 saturated heterocycles. The highest BCUT2D eigenvalue weighted by Gasteiger charge is 2.41. The standard InChI is InChI=1S/C47H31N3O/c1-47(2)35-20-10-6-16-31(35)39-42(47)40-34-19-9-13-23-38(34)51-45(40)41-33-18-8-12-22-37(33)50(44(39)41)30-26-24-29(25-27-30)46-48-36-21-11-7-17-32(36)43(49-46)28-14-4-3-5-15-28/h3-27H,1-2H3. The number of aromatic nitrogens is 3. The molecule has 4 nitrogen and oxygen atoms in total. The van der Waals surface area contributed by atoms with Crippen LogP contribution in [0.2, 0.25) is 0 Å². The fourth-order valence-electron chi connectivity index (χ4n) is 8.74. The average Bonchev–Trinajstić information content (AvgIpc) is 3.81. The minimum Gasteiger partial charge on any atom is -0.455 e. The molecule has 10 aromatic rings. The first-order valence-corrected chi connectivity index (χ1v) is 17.5. The van der Waals surface area contributed by atoms with Gasteiger partial charge in [-0.05, 0) is 59.2 Å². The van der Waals surface area contributed by atoms with Crippen LogP contribution in [0.15, 0.2) is 156 Å². The van der Waals surface area contributed by atoms with Crippen LogP contribution in [0, 0.1) is 0 Å². The van der Waals surface area contributed by atoms with Gasteiger partial charge in [-0.1, -0.05) is 123 Å². The summed E-state index contributed by atoms with van der Waals surface area (Å²) in [6, 6.07) is 53.5. The van der Waals surface area contributed by atoms with E-state index in [0.29, 0.717) is 5.82 Å². The van der Waals surface area contributed by atoms with Gasteiger partial charge in [0.15, 0.2) is 5.82 Å². The quantitative estimate of drug-likeness (QED) is 0.191. The largest absolute Gasteiger partial charge is 0.455 e. The predicted molar refractivity (Wildman–Crippen MR) is 210 cm³/mol. The topological polar surface area (TPSA) is 43.9 Å². The molecular formula is C47H31N3O. The van der Waals surface area contributed by atoms with Crippen molar-refractivity contribution in [3.05, 3.63) is 163 Å². The maximum atomic E-state index is 6.87. The zero-order valence-corrected chi connectivity index (χ0v) is 28.2. The molecule has 0 atom stereocenters. The van der Waals surface area contributed by atoms with Gasteiger partial charge in [0.25, 0.3) is 0 Å². The molecule has 0 spiro atoms. The third-order valence-electron chi connectivity index (χ3n) is 11.0. The van der Waals surface area contributed by atoms with E-state index in [1.165, 1.54) is 38.5 Å². The van der Waals surface area contributed by atoms with E-state index in [1.54, 1.807) is 0 Å². The fraction of sp³-hybridized carbons (Fsp3) is 0.0638. The molecule has 1 aliphatic carbocycles. The summed E-state index contributed by atoms with van der Waals surface area (Å²) in [4.78, 5) is 10.2. The van der Waals surface area contributed by atoms with Gasteiger partial charge in [0.1, 0.15) is 11.2 Å². The Morgan fingerprint density at radius 2 is 1.25 bits per heavy atom. The van der Waals surface area contributed by atoms with E-state index < -0.39 is 0 Å². The highest BCUT2D eigenvalue weighted by atomic mass is 16.3. The average molecular weight is 654 g/mol. The van der Waals surface area contributed by atoms with E-state index in [1.807, 2.05) is 18.2 Å². The summed E-state index contributed by atoms with van der Waals surface area (Å²) < 4.78 is 9.31. The number of furan rings is 1. The normalized spacial score (nSPS) is 13.5. The Bertz CT molecular complexity index is 3040. The van der Waals surface area contributed by atoms with E-state index in [0.717, 1.165) is 60.9 Å². The van der Waals surface area contributed by atoms with Gasteiger partial charge in [0.05, 0.1) is 27.6 Å². The zero-order chi connectivity index (χ0) is 33.8. The van der Waals surface area contributed by atoms with E-state index in [9.17, 15) is 0 Å². The first-order valence-electron chi connectivity index (χ1n) is 17.5. The molecule has 4 heteroatoms. The molecular weight excluding hydrogens is 623 g/mol. The molecule has 0 fully saturated rings. The maximum absolute atomic E-state index is 6.87. The van der Waals surface area contributed by atoms with Gasteiger partial charge in [0.2, 0.25) is 0 Å². The molecule has 51 heavy (non-hydrogen) atoms. The lowest BCUT2D eigenvalue weighted by Gasteiger charge is -2.22. The van der Waals surface area contributed by atoms with Crippen molar-refractivity contribution in [2.45, 2.75) is 19.3 Å². The van der Waals surface area contributed by atoms with Crippen molar-refractivity contribution >= 4 is 54.6 Å². The van der Waals surface area contributed by atoms with Crippen molar-refractivity contribution in [1.29, 1.82) is 0 Å². The number of hydrogen-bond acceptors (Lipinski definition) is 3. The van der Waals surface area contributed by atoms with Gasteiger partial charge < -0.3 is 8.98 Å². The molecule has 0 bridgehead atoms. The molecule has 0 unspecified atom stereocenters. The number of nitrogens with zero attached hydrogens (tertiary/aromatic N) is 3. The van der Waals surface area contributed by atoms with Crippen molar-refractivity contribution in [2.24, 2.45) is 0 Å². The van der Waals surface area contributed by atoms with Gasteiger partial charge in [-0.2, -0.15) is 0 Å². The second kappa shape index (κ2) is 10.3. The summed E-state index contributed by atoms with van der Waals surface area (Å²) in [7, 11) is 0. The van der Waals surface area contributed by atoms with Crippen LogP contribution in [0.5, 0.6) is 0 Å². The summed E-state index contributed by atoms with van der Waals surface area (Å²) in [5.41, 5.74) is 14.2. The van der Waals surface area contributed by atoms with E-state index in [2.05, 4.69) is 152 Å². The van der Waals surface area contributed by atoms with Gasteiger partial charge in [-0.15, -0.1) is 0 Å². The zero-order valence-electron chi connectivity index (χ0n) is 28.2. The molecule has 240 valence electrons. The van der Waals surface area contributed by atoms with Gasteiger partial charge in [0, 0.05) is 49.3 Å². The summed E-state index contributed by atoms with van der Waals surface area (Å²) in [6.07, 6.45) is 0. The first-order chi connectivity index (χ1) is 25.1. The highest BCUT2D eigenvalue weighted by molar-refractivity contribution is 6.29. The highest BCUT2D eigenvalue weighted by Crippen LogP contribution is 2.57. The summed E-state index contributed by atoms with van der Waals surface area (Å²) in [6.45, 7) is 4.72. The van der Waals surface area contributed by atoms with E-state index in [-0.39, 0.29) is 5.41 Å². The van der Waals surface area contributed by atoms with Crippen LogP contribution in [0.3, 0.4) is 0 Å². The third kappa shape index (κ3) is 3.85. The molecule has 0 aliphatic heterocycles. The van der Waals surface area contributed by atoms with Gasteiger partial charge in [-0.3, -0.25) is 0 Å². The van der Waals surface area contributed by atoms with Crippen molar-refractivity contribution in [3.63, 3.8) is 0 Å². The number of para-hydroxylation sites is 3. The SMILES string of the molecule is CC1(C)c2ccccc2-c2c1c1c3ccccc3oc1c1c3ccccc3n(-c3ccc(-c4nc(-c5ccccc5)c5ccccc5n4)cc3)c21.